The highest BCUT2D eigenvalue weighted by atomic mass is 32.2. The Labute approximate surface area is 158 Å². The molecule has 27 heavy (non-hydrogen) atoms. The van der Waals surface area contributed by atoms with Gasteiger partial charge in [0.05, 0.1) is 16.5 Å². The van der Waals surface area contributed by atoms with Crippen LogP contribution in [0.1, 0.15) is 12.8 Å². The Hall–Kier alpha value is -2.37. The molecule has 2 heterocycles. The zero-order chi connectivity index (χ0) is 19.6. The fourth-order valence-electron chi connectivity index (χ4n) is 2.87. The summed E-state index contributed by atoms with van der Waals surface area (Å²) in [5, 5.41) is 14.8. The minimum Gasteiger partial charge on any atom is -0.323 e. The van der Waals surface area contributed by atoms with E-state index in [1.807, 2.05) is 0 Å². The van der Waals surface area contributed by atoms with E-state index in [9.17, 15) is 27.7 Å². The molecule has 1 aromatic carbocycles. The van der Waals surface area contributed by atoms with Crippen LogP contribution in [-0.4, -0.2) is 36.6 Å². The number of nitro groups is 1. The van der Waals surface area contributed by atoms with Gasteiger partial charge in [-0.3, -0.25) is 14.9 Å². The Morgan fingerprint density at radius 2 is 2.15 bits per heavy atom. The molecule has 11 heteroatoms. The monoisotopic (exact) mass is 413 g/mol. The van der Waals surface area contributed by atoms with Gasteiger partial charge in [0.25, 0.3) is 15.7 Å². The van der Waals surface area contributed by atoms with Crippen LogP contribution in [0.5, 0.6) is 0 Å². The molecule has 1 aromatic heterocycles. The lowest BCUT2D eigenvalue weighted by molar-refractivity contribution is -0.384. The van der Waals surface area contributed by atoms with Crippen molar-refractivity contribution in [1.82, 2.24) is 4.31 Å². The topological polar surface area (TPSA) is 110 Å². The van der Waals surface area contributed by atoms with E-state index in [0.717, 1.165) is 29.5 Å². The summed E-state index contributed by atoms with van der Waals surface area (Å²) in [5.74, 6) is -2.04. The Kier molecular flexibility index (Phi) is 5.53. The molecule has 0 radical (unpaired) electrons. The first-order chi connectivity index (χ1) is 12.8. The van der Waals surface area contributed by atoms with Crippen LogP contribution in [0.2, 0.25) is 0 Å². The molecule has 0 bridgehead atoms. The van der Waals surface area contributed by atoms with Crippen LogP contribution in [-0.2, 0) is 14.8 Å². The first kappa shape index (κ1) is 19.4. The summed E-state index contributed by atoms with van der Waals surface area (Å²) >= 11 is 1.10. The van der Waals surface area contributed by atoms with Gasteiger partial charge in [0.15, 0.2) is 0 Å². The van der Waals surface area contributed by atoms with Gasteiger partial charge in [-0.15, -0.1) is 11.3 Å². The lowest BCUT2D eigenvalue weighted by atomic mass is 9.98. The second kappa shape index (κ2) is 7.71. The molecule has 2 aromatic rings. The quantitative estimate of drug-likeness (QED) is 0.599. The number of nitro benzene ring substituents is 1. The number of benzene rings is 1. The molecule has 0 aliphatic carbocycles. The summed E-state index contributed by atoms with van der Waals surface area (Å²) in [7, 11) is -3.68. The van der Waals surface area contributed by atoms with E-state index in [1.54, 1.807) is 11.4 Å². The highest BCUT2D eigenvalue weighted by molar-refractivity contribution is 7.91. The summed E-state index contributed by atoms with van der Waals surface area (Å²) in [6, 6.07) is 5.98. The number of sulfonamides is 1. The van der Waals surface area contributed by atoms with Crippen LogP contribution in [0.3, 0.4) is 0 Å². The van der Waals surface area contributed by atoms with Gasteiger partial charge in [0.1, 0.15) is 10.0 Å². The Morgan fingerprint density at radius 1 is 1.37 bits per heavy atom. The highest BCUT2D eigenvalue weighted by Crippen LogP contribution is 2.28. The number of amides is 1. The van der Waals surface area contributed by atoms with E-state index in [1.165, 1.54) is 10.4 Å². The first-order valence-corrected chi connectivity index (χ1v) is 10.4. The summed E-state index contributed by atoms with van der Waals surface area (Å²) in [6.07, 6.45) is 0.930. The molecule has 8 nitrogen and oxygen atoms in total. The van der Waals surface area contributed by atoms with Crippen LogP contribution in [0.4, 0.5) is 15.8 Å². The van der Waals surface area contributed by atoms with Gasteiger partial charge in [-0.2, -0.15) is 4.31 Å². The molecule has 1 amide bonds. The highest BCUT2D eigenvalue weighted by Gasteiger charge is 2.34. The average molecular weight is 413 g/mol. The fraction of sp³-hybridized carbons (Fsp3) is 0.312. The van der Waals surface area contributed by atoms with E-state index >= 15 is 0 Å². The van der Waals surface area contributed by atoms with Crippen molar-refractivity contribution in [3.05, 3.63) is 51.6 Å². The lowest BCUT2D eigenvalue weighted by Gasteiger charge is -2.30. The van der Waals surface area contributed by atoms with E-state index in [-0.39, 0.29) is 22.1 Å². The second-order valence-corrected chi connectivity index (χ2v) is 9.16. The van der Waals surface area contributed by atoms with E-state index in [0.29, 0.717) is 19.4 Å². The molecule has 1 N–H and O–H groups in total. The fourth-order valence-corrected chi connectivity index (χ4v) is 5.54. The predicted octanol–water partition coefficient (Wildman–Crippen LogP) is 2.83. The van der Waals surface area contributed by atoms with Crippen molar-refractivity contribution in [3.8, 4) is 0 Å². The summed E-state index contributed by atoms with van der Waals surface area (Å²) < 4.78 is 40.6. The molecule has 3 rings (SSSR count). The van der Waals surface area contributed by atoms with Gasteiger partial charge < -0.3 is 5.32 Å². The number of anilines is 1. The SMILES string of the molecule is O=C(Nc1cc([N+](=O)[O-])ccc1F)C1CCCN(S(=O)(=O)c2cccs2)C1. The number of nitrogens with zero attached hydrogens (tertiary/aromatic N) is 2. The van der Waals surface area contributed by atoms with Gasteiger partial charge in [0.2, 0.25) is 5.91 Å². The molecular weight excluding hydrogens is 397 g/mol. The van der Waals surface area contributed by atoms with Crippen molar-refractivity contribution >= 4 is 38.6 Å². The van der Waals surface area contributed by atoms with E-state index in [2.05, 4.69) is 5.32 Å². The normalized spacial score (nSPS) is 18.2. The molecule has 144 valence electrons. The van der Waals surface area contributed by atoms with Crippen molar-refractivity contribution < 1.29 is 22.5 Å². The van der Waals surface area contributed by atoms with Gasteiger partial charge in [-0.05, 0) is 30.4 Å². The zero-order valence-corrected chi connectivity index (χ0v) is 15.6. The number of carbonyl (C=O) groups excluding carboxylic acids is 1. The van der Waals surface area contributed by atoms with Crippen LogP contribution in [0, 0.1) is 21.8 Å². The maximum absolute atomic E-state index is 13.9. The third-order valence-electron chi connectivity index (χ3n) is 4.26. The number of carbonyl (C=O) groups is 1. The molecule has 1 fully saturated rings. The Balaban J connectivity index is 1.74. The standard InChI is InChI=1S/C16H16FN3O5S2/c17-13-6-5-12(20(22)23)9-14(13)18-16(21)11-3-1-7-19(10-11)27(24,25)15-4-2-8-26-15/h2,4-6,8-9,11H,1,3,7,10H2,(H,18,21). The number of thiophene rings is 1. The van der Waals surface area contributed by atoms with Gasteiger partial charge >= 0.3 is 0 Å². The van der Waals surface area contributed by atoms with Crippen molar-refractivity contribution in [2.75, 3.05) is 18.4 Å². The van der Waals surface area contributed by atoms with Crippen LogP contribution in [0.25, 0.3) is 0 Å². The van der Waals surface area contributed by atoms with Gasteiger partial charge in [-0.1, -0.05) is 6.07 Å². The largest absolute Gasteiger partial charge is 0.323 e. The van der Waals surface area contributed by atoms with Crippen LogP contribution >= 0.6 is 11.3 Å². The van der Waals surface area contributed by atoms with Gasteiger partial charge in [-0.25, -0.2) is 12.8 Å². The minimum atomic E-state index is -3.68. The Morgan fingerprint density at radius 3 is 2.81 bits per heavy atom. The van der Waals surface area contributed by atoms with Crippen molar-refractivity contribution in [2.45, 2.75) is 17.1 Å². The van der Waals surface area contributed by atoms with Crippen molar-refractivity contribution in [1.29, 1.82) is 0 Å². The molecule has 0 saturated carbocycles. The molecule has 0 spiro atoms. The summed E-state index contributed by atoms with van der Waals surface area (Å²) in [4.78, 5) is 22.6. The summed E-state index contributed by atoms with van der Waals surface area (Å²) in [5.41, 5.74) is -0.648. The molecule has 1 atom stereocenters. The van der Waals surface area contributed by atoms with E-state index in [4.69, 9.17) is 0 Å². The first-order valence-electron chi connectivity index (χ1n) is 8.07. The lowest BCUT2D eigenvalue weighted by Crippen LogP contribution is -2.43. The third kappa shape index (κ3) is 4.15. The van der Waals surface area contributed by atoms with Gasteiger partial charge in [0, 0.05) is 25.2 Å². The molecule has 1 aliphatic rings. The number of halogens is 1. The number of hydrogen-bond acceptors (Lipinski definition) is 6. The average Bonchev–Trinajstić information content (AvgIpc) is 3.19. The molecular formula is C16H16FN3O5S2. The number of nitrogens with one attached hydrogen (secondary N) is 1. The maximum Gasteiger partial charge on any atom is 0.271 e. The molecule has 1 saturated heterocycles. The van der Waals surface area contributed by atoms with Crippen molar-refractivity contribution in [3.63, 3.8) is 0 Å². The van der Waals surface area contributed by atoms with Crippen LogP contribution in [0.15, 0.2) is 39.9 Å². The second-order valence-electron chi connectivity index (χ2n) is 6.04. The predicted molar refractivity (Wildman–Crippen MR) is 97.5 cm³/mol. The third-order valence-corrected chi connectivity index (χ3v) is 7.50. The zero-order valence-electron chi connectivity index (χ0n) is 14.0. The molecule has 1 aliphatic heterocycles. The van der Waals surface area contributed by atoms with Crippen LogP contribution < -0.4 is 5.32 Å². The number of rotatable bonds is 5. The minimum absolute atomic E-state index is 0.0252. The Bertz CT molecular complexity index is 962. The van der Waals surface area contributed by atoms with Crippen molar-refractivity contribution in [2.24, 2.45) is 5.92 Å². The smallest absolute Gasteiger partial charge is 0.271 e. The van der Waals surface area contributed by atoms with E-state index < -0.39 is 32.6 Å². The summed E-state index contributed by atoms with van der Waals surface area (Å²) in [6.45, 7) is 0.276. The maximum atomic E-state index is 13.9. The number of non-ortho nitro benzene ring substituents is 1. The number of piperidine rings is 1. The number of hydrogen-bond donors (Lipinski definition) is 1. The molecule has 1 unspecified atom stereocenters.